The number of fused-ring (bicyclic) bond motifs is 1. The lowest BCUT2D eigenvalue weighted by Crippen LogP contribution is -2.37. The lowest BCUT2D eigenvalue weighted by atomic mass is 9.89. The van der Waals surface area contributed by atoms with E-state index in [2.05, 4.69) is 25.2 Å². The number of hydrogen-bond donors (Lipinski definition) is 2. The zero-order chi connectivity index (χ0) is 17.1. The Balaban J connectivity index is 1.46. The first kappa shape index (κ1) is 16.4. The van der Waals surface area contributed by atoms with E-state index in [4.69, 9.17) is 0 Å². The largest absolute Gasteiger partial charge is 0.387 e. The fraction of sp³-hybridized carbons (Fsp3) is 0.526. The van der Waals surface area contributed by atoms with E-state index in [1.165, 1.54) is 11.3 Å². The van der Waals surface area contributed by atoms with Crippen LogP contribution in [-0.2, 0) is 12.8 Å². The molecule has 0 aliphatic carbocycles. The fourth-order valence-electron chi connectivity index (χ4n) is 3.95. The molecule has 0 saturated carbocycles. The smallest absolute Gasteiger partial charge is 0.135 e. The minimum Gasteiger partial charge on any atom is -0.387 e. The van der Waals surface area contributed by atoms with Crippen molar-refractivity contribution >= 4 is 5.82 Å². The Hall–Kier alpha value is -2.05. The van der Waals surface area contributed by atoms with Crippen LogP contribution in [0.1, 0.15) is 35.9 Å². The summed E-state index contributed by atoms with van der Waals surface area (Å²) < 4.78 is 0. The molecule has 132 valence electrons. The Morgan fingerprint density at radius 2 is 1.92 bits per heavy atom. The van der Waals surface area contributed by atoms with E-state index < -0.39 is 6.10 Å². The molecule has 1 atom stereocenters. The lowest BCUT2D eigenvalue weighted by Gasteiger charge is -2.35. The summed E-state index contributed by atoms with van der Waals surface area (Å²) in [7, 11) is 0. The van der Waals surface area contributed by atoms with Crippen LogP contribution >= 0.6 is 0 Å². The number of hydrogen-bond acceptors (Lipinski definition) is 6. The number of nitrogens with zero attached hydrogens (tertiary/aromatic N) is 4. The summed E-state index contributed by atoms with van der Waals surface area (Å²) in [5.74, 6) is 1.35. The number of anilines is 1. The minimum absolute atomic E-state index is 0.258. The summed E-state index contributed by atoms with van der Waals surface area (Å²) in [5.41, 5.74) is 3.27. The number of pyridine rings is 1. The van der Waals surface area contributed by atoms with E-state index in [9.17, 15) is 5.11 Å². The van der Waals surface area contributed by atoms with Crippen molar-refractivity contribution < 1.29 is 5.11 Å². The molecule has 0 radical (unpaired) electrons. The van der Waals surface area contributed by atoms with Gasteiger partial charge < -0.3 is 15.3 Å². The molecule has 6 heteroatoms. The summed E-state index contributed by atoms with van der Waals surface area (Å²) in [6.07, 6.45) is 6.84. The molecular formula is C19H25N5O. The number of rotatable bonds is 3. The molecule has 4 heterocycles. The molecule has 2 N–H and O–H groups in total. The number of aromatic nitrogens is 3. The van der Waals surface area contributed by atoms with Gasteiger partial charge in [0.1, 0.15) is 12.1 Å². The Morgan fingerprint density at radius 1 is 1.08 bits per heavy atom. The first-order chi connectivity index (χ1) is 12.3. The summed E-state index contributed by atoms with van der Waals surface area (Å²) in [6, 6.07) is 5.73. The standard InChI is InChI=1S/C19H25N5O/c25-18(17-3-1-2-8-21-17)14-6-11-24(12-7-14)19-15-4-9-20-10-5-16(15)22-13-23-19/h1-3,8,13-14,18,20,25H,4-7,9-12H2. The highest BCUT2D eigenvalue weighted by Crippen LogP contribution is 2.32. The maximum atomic E-state index is 10.6. The van der Waals surface area contributed by atoms with Crippen LogP contribution in [0.15, 0.2) is 30.7 Å². The highest BCUT2D eigenvalue weighted by Gasteiger charge is 2.29. The maximum absolute atomic E-state index is 10.6. The fourth-order valence-corrected chi connectivity index (χ4v) is 3.95. The van der Waals surface area contributed by atoms with Gasteiger partial charge >= 0.3 is 0 Å². The zero-order valence-corrected chi connectivity index (χ0v) is 14.4. The van der Waals surface area contributed by atoms with Gasteiger partial charge in [-0.3, -0.25) is 4.98 Å². The second-order valence-corrected chi connectivity index (χ2v) is 6.90. The van der Waals surface area contributed by atoms with E-state index in [1.54, 1.807) is 12.5 Å². The van der Waals surface area contributed by atoms with Crippen LogP contribution in [0, 0.1) is 5.92 Å². The third-order valence-electron chi connectivity index (χ3n) is 5.38. The van der Waals surface area contributed by atoms with Crippen LogP contribution in [-0.4, -0.2) is 46.2 Å². The molecule has 0 amide bonds. The highest BCUT2D eigenvalue weighted by atomic mass is 16.3. The number of aliphatic hydroxyl groups excluding tert-OH is 1. The van der Waals surface area contributed by atoms with Crippen molar-refractivity contribution in [3.63, 3.8) is 0 Å². The van der Waals surface area contributed by atoms with E-state index in [0.717, 1.165) is 63.4 Å². The molecule has 0 bridgehead atoms. The first-order valence-electron chi connectivity index (χ1n) is 9.20. The van der Waals surface area contributed by atoms with Gasteiger partial charge in [0.05, 0.1) is 17.5 Å². The van der Waals surface area contributed by atoms with Gasteiger partial charge in [0.25, 0.3) is 0 Å². The molecule has 2 aromatic heterocycles. The quantitative estimate of drug-likeness (QED) is 0.883. The monoisotopic (exact) mass is 339 g/mol. The molecule has 0 spiro atoms. The molecule has 1 fully saturated rings. The van der Waals surface area contributed by atoms with Crippen molar-refractivity contribution in [2.45, 2.75) is 31.8 Å². The van der Waals surface area contributed by atoms with Crippen molar-refractivity contribution in [1.29, 1.82) is 0 Å². The normalized spacial score (nSPS) is 20.0. The average Bonchev–Trinajstić information content (AvgIpc) is 2.94. The minimum atomic E-state index is -0.477. The Labute approximate surface area is 148 Å². The molecule has 6 nitrogen and oxygen atoms in total. The maximum Gasteiger partial charge on any atom is 0.135 e. The SMILES string of the molecule is OC(c1ccccn1)C1CCN(c2ncnc3c2CCNCC3)CC1. The number of piperidine rings is 1. The lowest BCUT2D eigenvalue weighted by molar-refractivity contribution is 0.0890. The second-order valence-electron chi connectivity index (χ2n) is 6.90. The van der Waals surface area contributed by atoms with Gasteiger partial charge in [0.2, 0.25) is 0 Å². The Kier molecular flexibility index (Phi) is 4.90. The summed E-state index contributed by atoms with van der Waals surface area (Å²) >= 11 is 0. The van der Waals surface area contributed by atoms with Gasteiger partial charge in [-0.1, -0.05) is 6.07 Å². The van der Waals surface area contributed by atoms with Crippen molar-refractivity contribution in [2.24, 2.45) is 5.92 Å². The third-order valence-corrected chi connectivity index (χ3v) is 5.38. The van der Waals surface area contributed by atoms with Crippen molar-refractivity contribution in [3.8, 4) is 0 Å². The predicted molar refractivity (Wildman–Crippen MR) is 96.4 cm³/mol. The molecule has 2 aliphatic rings. The first-order valence-corrected chi connectivity index (χ1v) is 9.20. The van der Waals surface area contributed by atoms with Crippen LogP contribution in [0.2, 0.25) is 0 Å². The van der Waals surface area contributed by atoms with Gasteiger partial charge in [-0.15, -0.1) is 0 Å². The summed E-state index contributed by atoms with van der Waals surface area (Å²) in [6.45, 7) is 3.82. The topological polar surface area (TPSA) is 74.2 Å². The van der Waals surface area contributed by atoms with E-state index in [-0.39, 0.29) is 5.92 Å². The molecular weight excluding hydrogens is 314 g/mol. The van der Waals surface area contributed by atoms with E-state index in [1.807, 2.05) is 18.2 Å². The van der Waals surface area contributed by atoms with Gasteiger partial charge in [0, 0.05) is 37.8 Å². The van der Waals surface area contributed by atoms with Gasteiger partial charge in [0.15, 0.2) is 0 Å². The van der Waals surface area contributed by atoms with Gasteiger partial charge in [-0.2, -0.15) is 0 Å². The summed E-state index contributed by atoms with van der Waals surface area (Å²) in [5, 5.41) is 14.1. The molecule has 2 aromatic rings. The molecule has 4 rings (SSSR count). The summed E-state index contributed by atoms with van der Waals surface area (Å²) in [4.78, 5) is 15.8. The van der Waals surface area contributed by atoms with Crippen LogP contribution in [0.4, 0.5) is 5.82 Å². The second kappa shape index (κ2) is 7.45. The number of aliphatic hydroxyl groups is 1. The third kappa shape index (κ3) is 3.50. The highest BCUT2D eigenvalue weighted by molar-refractivity contribution is 5.49. The Morgan fingerprint density at radius 3 is 2.72 bits per heavy atom. The van der Waals surface area contributed by atoms with Gasteiger partial charge in [-0.25, -0.2) is 9.97 Å². The molecule has 25 heavy (non-hydrogen) atoms. The zero-order valence-electron chi connectivity index (χ0n) is 14.4. The number of nitrogens with one attached hydrogen (secondary N) is 1. The van der Waals surface area contributed by atoms with Crippen LogP contribution < -0.4 is 10.2 Å². The van der Waals surface area contributed by atoms with Gasteiger partial charge in [-0.05, 0) is 43.9 Å². The van der Waals surface area contributed by atoms with Crippen molar-refractivity contribution in [2.75, 3.05) is 31.1 Å². The average molecular weight is 339 g/mol. The predicted octanol–water partition coefficient (Wildman–Crippen LogP) is 1.51. The molecule has 1 unspecified atom stereocenters. The van der Waals surface area contributed by atoms with Crippen LogP contribution in [0.3, 0.4) is 0 Å². The Bertz CT molecular complexity index is 700. The van der Waals surface area contributed by atoms with E-state index in [0.29, 0.717) is 0 Å². The molecule has 0 aromatic carbocycles. The van der Waals surface area contributed by atoms with E-state index >= 15 is 0 Å². The molecule has 1 saturated heterocycles. The molecule has 2 aliphatic heterocycles. The van der Waals surface area contributed by atoms with Crippen LogP contribution in [0.25, 0.3) is 0 Å². The van der Waals surface area contributed by atoms with Crippen LogP contribution in [0.5, 0.6) is 0 Å². The van der Waals surface area contributed by atoms with Crippen molar-refractivity contribution in [3.05, 3.63) is 47.7 Å². The van der Waals surface area contributed by atoms with Crippen molar-refractivity contribution in [1.82, 2.24) is 20.3 Å².